The van der Waals surface area contributed by atoms with Crippen molar-refractivity contribution in [3.8, 4) is 0 Å². The summed E-state index contributed by atoms with van der Waals surface area (Å²) in [5.41, 5.74) is 1.40. The number of pyridine rings is 1. The summed E-state index contributed by atoms with van der Waals surface area (Å²) in [5.74, 6) is 0. The number of aromatic nitrogens is 1. The Balaban J connectivity index is 1.76. The third-order valence-corrected chi connectivity index (χ3v) is 4.20. The molecule has 3 nitrogen and oxygen atoms in total. The summed E-state index contributed by atoms with van der Waals surface area (Å²) < 4.78 is 0. The molecule has 0 radical (unpaired) electrons. The lowest BCUT2D eigenvalue weighted by Crippen LogP contribution is -2.42. The molecule has 1 aromatic carbocycles. The van der Waals surface area contributed by atoms with Crippen molar-refractivity contribution < 1.29 is 0 Å². The maximum atomic E-state index is 4.17. The van der Waals surface area contributed by atoms with Gasteiger partial charge in [0.1, 0.15) is 0 Å². The van der Waals surface area contributed by atoms with Crippen molar-refractivity contribution in [1.82, 2.24) is 15.2 Å². The standard InChI is InChI=1S/C17H23N3/c1-14-11-18-7-2-3-9-20(14)13-15-4-5-17-12-19-8-6-16(17)10-15/h4-6,8,10,12,14,18H,2-3,7,9,11,13H2,1H3/t14-/m0/s1. The van der Waals surface area contributed by atoms with Gasteiger partial charge in [0.15, 0.2) is 0 Å². The molecule has 2 heterocycles. The highest BCUT2D eigenvalue weighted by Gasteiger charge is 2.15. The maximum Gasteiger partial charge on any atom is 0.0346 e. The van der Waals surface area contributed by atoms with Gasteiger partial charge in [-0.2, -0.15) is 0 Å². The molecule has 0 saturated carbocycles. The average molecular weight is 269 g/mol. The van der Waals surface area contributed by atoms with E-state index in [-0.39, 0.29) is 0 Å². The topological polar surface area (TPSA) is 28.2 Å². The Morgan fingerprint density at radius 1 is 1.25 bits per heavy atom. The number of nitrogens with zero attached hydrogens (tertiary/aromatic N) is 2. The Hall–Kier alpha value is -1.45. The average Bonchev–Trinajstić information content (AvgIpc) is 2.47. The van der Waals surface area contributed by atoms with Crippen LogP contribution < -0.4 is 5.32 Å². The van der Waals surface area contributed by atoms with Crippen LogP contribution in [0, 0.1) is 0 Å². The van der Waals surface area contributed by atoms with Gasteiger partial charge < -0.3 is 5.32 Å². The van der Waals surface area contributed by atoms with Crippen LogP contribution in [0.5, 0.6) is 0 Å². The Kier molecular flexibility index (Phi) is 4.28. The van der Waals surface area contributed by atoms with Crippen LogP contribution in [0.2, 0.25) is 0 Å². The van der Waals surface area contributed by atoms with Gasteiger partial charge in [0.2, 0.25) is 0 Å². The molecule has 1 saturated heterocycles. The van der Waals surface area contributed by atoms with E-state index in [1.54, 1.807) is 0 Å². The van der Waals surface area contributed by atoms with Crippen LogP contribution in [-0.4, -0.2) is 35.6 Å². The zero-order valence-electron chi connectivity index (χ0n) is 12.2. The van der Waals surface area contributed by atoms with Gasteiger partial charge in [0.05, 0.1) is 0 Å². The third kappa shape index (κ3) is 3.17. The van der Waals surface area contributed by atoms with E-state index >= 15 is 0 Å². The molecule has 0 bridgehead atoms. The largest absolute Gasteiger partial charge is 0.315 e. The summed E-state index contributed by atoms with van der Waals surface area (Å²) in [4.78, 5) is 6.77. The highest BCUT2D eigenvalue weighted by atomic mass is 15.2. The lowest BCUT2D eigenvalue weighted by atomic mass is 10.1. The Bertz CT molecular complexity index is 567. The van der Waals surface area contributed by atoms with Crippen molar-refractivity contribution in [3.05, 3.63) is 42.2 Å². The number of hydrogen-bond donors (Lipinski definition) is 1. The molecule has 2 aromatic rings. The van der Waals surface area contributed by atoms with Crippen LogP contribution >= 0.6 is 0 Å². The van der Waals surface area contributed by atoms with E-state index in [1.807, 2.05) is 12.4 Å². The van der Waals surface area contributed by atoms with Crippen LogP contribution in [0.4, 0.5) is 0 Å². The lowest BCUT2D eigenvalue weighted by Gasteiger charge is -2.31. The van der Waals surface area contributed by atoms with Crippen molar-refractivity contribution in [2.45, 2.75) is 32.4 Å². The molecule has 1 aliphatic heterocycles. The van der Waals surface area contributed by atoms with Gasteiger partial charge in [-0.15, -0.1) is 0 Å². The minimum atomic E-state index is 0.600. The van der Waals surface area contributed by atoms with Gasteiger partial charge in [-0.25, -0.2) is 0 Å². The van der Waals surface area contributed by atoms with E-state index in [2.05, 4.69) is 46.4 Å². The molecule has 1 N–H and O–H groups in total. The molecule has 1 aromatic heterocycles. The monoisotopic (exact) mass is 269 g/mol. The number of nitrogens with one attached hydrogen (secondary N) is 1. The van der Waals surface area contributed by atoms with Crippen LogP contribution in [0.15, 0.2) is 36.7 Å². The van der Waals surface area contributed by atoms with Crippen LogP contribution in [-0.2, 0) is 6.54 Å². The summed E-state index contributed by atoms with van der Waals surface area (Å²) in [6.45, 7) is 6.83. The minimum absolute atomic E-state index is 0.600. The van der Waals surface area contributed by atoms with E-state index in [9.17, 15) is 0 Å². The smallest absolute Gasteiger partial charge is 0.0346 e. The van der Waals surface area contributed by atoms with Crippen molar-refractivity contribution in [2.24, 2.45) is 0 Å². The number of benzene rings is 1. The van der Waals surface area contributed by atoms with Gasteiger partial charge in [0, 0.05) is 36.9 Å². The van der Waals surface area contributed by atoms with Gasteiger partial charge in [0.25, 0.3) is 0 Å². The van der Waals surface area contributed by atoms with E-state index < -0.39 is 0 Å². The van der Waals surface area contributed by atoms with Crippen LogP contribution in [0.1, 0.15) is 25.3 Å². The number of rotatable bonds is 2. The first-order valence-electron chi connectivity index (χ1n) is 7.60. The van der Waals surface area contributed by atoms with Gasteiger partial charge in [-0.1, -0.05) is 12.1 Å². The Morgan fingerprint density at radius 3 is 3.15 bits per heavy atom. The Morgan fingerprint density at radius 2 is 2.20 bits per heavy atom. The summed E-state index contributed by atoms with van der Waals surface area (Å²) in [6, 6.07) is 9.42. The molecular formula is C17H23N3. The van der Waals surface area contributed by atoms with Gasteiger partial charge in [-0.05, 0) is 55.9 Å². The molecule has 1 atom stereocenters. The number of fused-ring (bicyclic) bond motifs is 1. The second-order valence-electron chi connectivity index (χ2n) is 5.79. The van der Waals surface area contributed by atoms with Crippen LogP contribution in [0.25, 0.3) is 10.8 Å². The molecule has 3 rings (SSSR count). The number of hydrogen-bond acceptors (Lipinski definition) is 3. The molecule has 3 heteroatoms. The summed E-state index contributed by atoms with van der Waals surface area (Å²) in [7, 11) is 0. The zero-order chi connectivity index (χ0) is 13.8. The van der Waals surface area contributed by atoms with Gasteiger partial charge in [-0.3, -0.25) is 9.88 Å². The molecule has 0 unspecified atom stereocenters. The molecule has 1 aliphatic rings. The fourth-order valence-corrected chi connectivity index (χ4v) is 2.93. The van der Waals surface area contributed by atoms with E-state index in [4.69, 9.17) is 0 Å². The lowest BCUT2D eigenvalue weighted by molar-refractivity contribution is 0.181. The van der Waals surface area contributed by atoms with Crippen molar-refractivity contribution in [3.63, 3.8) is 0 Å². The predicted octanol–water partition coefficient (Wildman–Crippen LogP) is 2.81. The first kappa shape index (κ1) is 13.5. The summed E-state index contributed by atoms with van der Waals surface area (Å²) in [6.07, 6.45) is 6.37. The molecule has 106 valence electrons. The third-order valence-electron chi connectivity index (χ3n) is 4.20. The van der Waals surface area contributed by atoms with Gasteiger partial charge >= 0.3 is 0 Å². The summed E-state index contributed by atoms with van der Waals surface area (Å²) >= 11 is 0. The van der Waals surface area contributed by atoms with Crippen LogP contribution in [0.3, 0.4) is 0 Å². The molecule has 0 amide bonds. The minimum Gasteiger partial charge on any atom is -0.315 e. The maximum absolute atomic E-state index is 4.17. The van der Waals surface area contributed by atoms with E-state index in [0.29, 0.717) is 6.04 Å². The molecule has 0 aliphatic carbocycles. The summed E-state index contributed by atoms with van der Waals surface area (Å²) in [5, 5.41) is 6.04. The second kappa shape index (κ2) is 6.33. The predicted molar refractivity (Wildman–Crippen MR) is 83.7 cm³/mol. The fourth-order valence-electron chi connectivity index (χ4n) is 2.93. The SMILES string of the molecule is C[C@H]1CNCCCCN1Cc1ccc2cnccc2c1. The van der Waals surface area contributed by atoms with E-state index in [1.165, 1.54) is 42.3 Å². The first-order chi connectivity index (χ1) is 9.83. The molecular weight excluding hydrogens is 246 g/mol. The van der Waals surface area contributed by atoms with Crippen molar-refractivity contribution in [1.29, 1.82) is 0 Å². The molecule has 0 spiro atoms. The van der Waals surface area contributed by atoms with Crippen molar-refractivity contribution >= 4 is 10.8 Å². The highest BCUT2D eigenvalue weighted by molar-refractivity contribution is 5.81. The molecule has 1 fully saturated rings. The first-order valence-corrected chi connectivity index (χ1v) is 7.60. The fraction of sp³-hybridized carbons (Fsp3) is 0.471. The second-order valence-corrected chi connectivity index (χ2v) is 5.79. The Labute approximate surface area is 121 Å². The van der Waals surface area contributed by atoms with Crippen molar-refractivity contribution in [2.75, 3.05) is 19.6 Å². The normalized spacial score (nSPS) is 21.6. The zero-order valence-corrected chi connectivity index (χ0v) is 12.2. The van der Waals surface area contributed by atoms with E-state index in [0.717, 1.165) is 13.1 Å². The molecule has 20 heavy (non-hydrogen) atoms. The quantitative estimate of drug-likeness (QED) is 0.908. The highest BCUT2D eigenvalue weighted by Crippen LogP contribution is 2.17.